The average molecular weight is 247 g/mol. The van der Waals surface area contributed by atoms with Gasteiger partial charge in [0.1, 0.15) is 5.75 Å². The molecule has 0 bridgehead atoms. The van der Waals surface area contributed by atoms with E-state index in [1.165, 1.54) is 31.2 Å². The smallest absolute Gasteiger partial charge is 0.118 e. The van der Waals surface area contributed by atoms with Crippen molar-refractivity contribution in [1.29, 1.82) is 0 Å². The second-order valence-electron chi connectivity index (χ2n) is 5.68. The molecule has 2 heteroatoms. The lowest BCUT2D eigenvalue weighted by atomic mass is 9.86. The van der Waals surface area contributed by atoms with Crippen LogP contribution in [0.3, 0.4) is 0 Å². The summed E-state index contributed by atoms with van der Waals surface area (Å²) in [5.41, 5.74) is 1.37. The van der Waals surface area contributed by atoms with E-state index in [-0.39, 0.29) is 0 Å². The largest absolute Gasteiger partial charge is 0.497 e. The molecular formula is C16H25NO. The Morgan fingerprint density at radius 2 is 1.72 bits per heavy atom. The fraction of sp³-hybridized carbons (Fsp3) is 0.625. The predicted molar refractivity (Wildman–Crippen MR) is 75.9 cm³/mol. The highest BCUT2D eigenvalue weighted by Crippen LogP contribution is 2.27. The van der Waals surface area contributed by atoms with Crippen LogP contribution in [0.5, 0.6) is 5.75 Å². The molecule has 1 saturated carbocycles. The summed E-state index contributed by atoms with van der Waals surface area (Å²) in [5.74, 6) is 1.86. The van der Waals surface area contributed by atoms with E-state index in [1.807, 2.05) is 12.1 Å². The Hall–Kier alpha value is -1.02. The van der Waals surface area contributed by atoms with Gasteiger partial charge in [-0.1, -0.05) is 19.1 Å². The normalized spacial score (nSPS) is 24.2. The first-order valence-electron chi connectivity index (χ1n) is 7.02. The minimum Gasteiger partial charge on any atom is -0.497 e. The molecule has 1 aromatic carbocycles. The van der Waals surface area contributed by atoms with Gasteiger partial charge in [-0.15, -0.1) is 0 Å². The molecule has 0 amide bonds. The average Bonchev–Trinajstić information content (AvgIpc) is 2.40. The summed E-state index contributed by atoms with van der Waals surface area (Å²) in [5, 5.41) is 0. The van der Waals surface area contributed by atoms with E-state index < -0.39 is 0 Å². The molecule has 100 valence electrons. The van der Waals surface area contributed by atoms with Gasteiger partial charge in [0.15, 0.2) is 0 Å². The zero-order valence-corrected chi connectivity index (χ0v) is 11.9. The lowest BCUT2D eigenvalue weighted by molar-refractivity contribution is 0.164. The van der Waals surface area contributed by atoms with Gasteiger partial charge in [-0.3, -0.25) is 4.90 Å². The van der Waals surface area contributed by atoms with Crippen molar-refractivity contribution in [2.45, 2.75) is 45.2 Å². The molecule has 18 heavy (non-hydrogen) atoms. The first-order valence-corrected chi connectivity index (χ1v) is 7.02. The topological polar surface area (TPSA) is 12.5 Å². The van der Waals surface area contributed by atoms with Crippen molar-refractivity contribution in [2.75, 3.05) is 14.2 Å². The molecule has 0 heterocycles. The first-order chi connectivity index (χ1) is 8.69. The summed E-state index contributed by atoms with van der Waals surface area (Å²) < 4.78 is 5.19. The van der Waals surface area contributed by atoms with E-state index in [0.717, 1.165) is 24.3 Å². The van der Waals surface area contributed by atoms with Crippen molar-refractivity contribution in [3.8, 4) is 5.75 Å². The Morgan fingerprint density at radius 3 is 2.28 bits per heavy atom. The standard InChI is InChI=1S/C16H25NO/c1-13-4-8-15(9-5-13)17(2)12-14-6-10-16(18-3)11-7-14/h6-7,10-11,13,15H,4-5,8-9,12H2,1-3H3. The van der Waals surface area contributed by atoms with Crippen LogP contribution in [-0.2, 0) is 6.54 Å². The molecule has 2 nitrogen and oxygen atoms in total. The van der Waals surface area contributed by atoms with Crippen LogP contribution in [0.25, 0.3) is 0 Å². The van der Waals surface area contributed by atoms with Crippen molar-refractivity contribution >= 4 is 0 Å². The minimum atomic E-state index is 0.767. The van der Waals surface area contributed by atoms with Crippen molar-refractivity contribution in [3.63, 3.8) is 0 Å². The minimum absolute atomic E-state index is 0.767. The zero-order chi connectivity index (χ0) is 13.0. The highest BCUT2D eigenvalue weighted by Gasteiger charge is 2.21. The lowest BCUT2D eigenvalue weighted by Crippen LogP contribution is -2.34. The van der Waals surface area contributed by atoms with Gasteiger partial charge < -0.3 is 4.74 Å². The highest BCUT2D eigenvalue weighted by molar-refractivity contribution is 5.27. The number of rotatable bonds is 4. The molecular weight excluding hydrogens is 222 g/mol. The molecule has 0 radical (unpaired) electrons. The Labute approximate surface area is 111 Å². The van der Waals surface area contributed by atoms with E-state index in [0.29, 0.717) is 0 Å². The van der Waals surface area contributed by atoms with E-state index in [9.17, 15) is 0 Å². The predicted octanol–water partition coefficient (Wildman–Crippen LogP) is 3.71. The van der Waals surface area contributed by atoms with Crippen molar-refractivity contribution < 1.29 is 4.74 Å². The van der Waals surface area contributed by atoms with Crippen LogP contribution in [-0.4, -0.2) is 25.1 Å². The van der Waals surface area contributed by atoms with Gasteiger partial charge in [-0.2, -0.15) is 0 Å². The zero-order valence-electron chi connectivity index (χ0n) is 11.9. The Balaban J connectivity index is 1.87. The highest BCUT2D eigenvalue weighted by atomic mass is 16.5. The van der Waals surface area contributed by atoms with Gasteiger partial charge in [0, 0.05) is 12.6 Å². The monoisotopic (exact) mass is 247 g/mol. The van der Waals surface area contributed by atoms with Crippen LogP contribution in [0.2, 0.25) is 0 Å². The van der Waals surface area contributed by atoms with Crippen LogP contribution in [0.15, 0.2) is 24.3 Å². The third kappa shape index (κ3) is 3.49. The molecule has 0 N–H and O–H groups in total. The first kappa shape index (κ1) is 13.4. The SMILES string of the molecule is COc1ccc(CN(C)C2CCC(C)CC2)cc1. The molecule has 1 aliphatic carbocycles. The van der Waals surface area contributed by atoms with Crippen molar-refractivity contribution in [1.82, 2.24) is 4.90 Å². The maximum Gasteiger partial charge on any atom is 0.118 e. The molecule has 1 aromatic rings. The van der Waals surface area contributed by atoms with E-state index in [2.05, 4.69) is 31.0 Å². The van der Waals surface area contributed by atoms with Crippen LogP contribution in [0, 0.1) is 5.92 Å². The second kappa shape index (κ2) is 6.24. The summed E-state index contributed by atoms with van der Waals surface area (Å²) >= 11 is 0. The fourth-order valence-corrected chi connectivity index (χ4v) is 2.83. The molecule has 1 fully saturated rings. The van der Waals surface area contributed by atoms with Crippen LogP contribution in [0.4, 0.5) is 0 Å². The van der Waals surface area contributed by atoms with E-state index in [4.69, 9.17) is 4.74 Å². The maximum atomic E-state index is 5.19. The van der Waals surface area contributed by atoms with Gasteiger partial charge in [0.2, 0.25) is 0 Å². The van der Waals surface area contributed by atoms with Crippen LogP contribution >= 0.6 is 0 Å². The van der Waals surface area contributed by atoms with Crippen LogP contribution < -0.4 is 4.74 Å². The summed E-state index contributed by atoms with van der Waals surface area (Å²) in [6.07, 6.45) is 5.48. The van der Waals surface area contributed by atoms with E-state index >= 15 is 0 Å². The quantitative estimate of drug-likeness (QED) is 0.804. The van der Waals surface area contributed by atoms with Crippen LogP contribution in [0.1, 0.15) is 38.2 Å². The summed E-state index contributed by atoms with van der Waals surface area (Å²) in [6.45, 7) is 3.42. The number of ether oxygens (including phenoxy) is 1. The Kier molecular flexibility index (Phi) is 4.65. The fourth-order valence-electron chi connectivity index (χ4n) is 2.83. The number of hydrogen-bond donors (Lipinski definition) is 0. The molecule has 0 unspecified atom stereocenters. The molecule has 0 aromatic heterocycles. The molecule has 0 saturated heterocycles. The third-order valence-electron chi connectivity index (χ3n) is 4.20. The van der Waals surface area contributed by atoms with Crippen molar-refractivity contribution in [3.05, 3.63) is 29.8 Å². The van der Waals surface area contributed by atoms with Gasteiger partial charge >= 0.3 is 0 Å². The summed E-state index contributed by atoms with van der Waals surface area (Å²) in [4.78, 5) is 2.51. The summed E-state index contributed by atoms with van der Waals surface area (Å²) in [6, 6.07) is 9.20. The van der Waals surface area contributed by atoms with Gasteiger partial charge in [0.05, 0.1) is 7.11 Å². The maximum absolute atomic E-state index is 5.19. The molecule has 1 aliphatic rings. The molecule has 0 spiro atoms. The molecule has 0 aliphatic heterocycles. The van der Waals surface area contributed by atoms with Gasteiger partial charge in [-0.05, 0) is 56.3 Å². The number of methoxy groups -OCH3 is 1. The van der Waals surface area contributed by atoms with Gasteiger partial charge in [-0.25, -0.2) is 0 Å². The Morgan fingerprint density at radius 1 is 1.11 bits per heavy atom. The van der Waals surface area contributed by atoms with E-state index in [1.54, 1.807) is 7.11 Å². The molecule has 0 atom stereocenters. The number of hydrogen-bond acceptors (Lipinski definition) is 2. The summed E-state index contributed by atoms with van der Waals surface area (Å²) in [7, 11) is 3.97. The number of benzene rings is 1. The third-order valence-corrected chi connectivity index (χ3v) is 4.20. The Bertz CT molecular complexity index is 352. The van der Waals surface area contributed by atoms with Gasteiger partial charge in [0.25, 0.3) is 0 Å². The van der Waals surface area contributed by atoms with Crippen molar-refractivity contribution in [2.24, 2.45) is 5.92 Å². The number of nitrogens with zero attached hydrogens (tertiary/aromatic N) is 1. The lowest BCUT2D eigenvalue weighted by Gasteiger charge is -2.33. The second-order valence-corrected chi connectivity index (χ2v) is 5.68. The molecule has 2 rings (SSSR count).